The average Bonchev–Trinajstić information content (AvgIpc) is 2.15. The summed E-state index contributed by atoms with van der Waals surface area (Å²) < 4.78 is 60.5. The van der Waals surface area contributed by atoms with Crippen LogP contribution in [0.1, 0.15) is 19.8 Å². The lowest BCUT2D eigenvalue weighted by atomic mass is 10.5. The van der Waals surface area contributed by atoms with Gasteiger partial charge in [0.2, 0.25) is 10.0 Å². The molecule has 104 valence electrons. The van der Waals surface area contributed by atoms with Crippen LogP contribution in [0.25, 0.3) is 0 Å². The first kappa shape index (κ1) is 16.7. The van der Waals surface area contributed by atoms with Gasteiger partial charge in [-0.2, -0.15) is 17.5 Å². The van der Waals surface area contributed by atoms with E-state index in [2.05, 4.69) is 5.32 Å². The number of alkyl halides is 3. The first-order valence-corrected chi connectivity index (χ1v) is 7.03. The van der Waals surface area contributed by atoms with Gasteiger partial charge < -0.3 is 5.32 Å². The molecule has 0 aromatic carbocycles. The number of nitrogens with one attached hydrogen (secondary N) is 1. The Morgan fingerprint density at radius 1 is 1.29 bits per heavy atom. The highest BCUT2D eigenvalue weighted by Crippen LogP contribution is 2.19. The molecule has 0 rings (SSSR count). The third-order valence-electron chi connectivity index (χ3n) is 2.05. The largest absolute Gasteiger partial charge is 0.402 e. The van der Waals surface area contributed by atoms with E-state index in [1.165, 1.54) is 0 Å². The average molecular weight is 276 g/mol. The summed E-state index contributed by atoms with van der Waals surface area (Å²) in [5.41, 5.74) is 0. The topological polar surface area (TPSA) is 49.4 Å². The number of rotatable bonds is 8. The van der Waals surface area contributed by atoms with Crippen molar-refractivity contribution in [2.75, 3.05) is 32.4 Å². The lowest BCUT2D eigenvalue weighted by molar-refractivity contribution is -0.136. The van der Waals surface area contributed by atoms with Gasteiger partial charge in [-0.05, 0) is 26.4 Å². The van der Waals surface area contributed by atoms with Crippen molar-refractivity contribution in [3.05, 3.63) is 0 Å². The van der Waals surface area contributed by atoms with Crippen LogP contribution in [0.3, 0.4) is 0 Å². The lowest BCUT2D eigenvalue weighted by Crippen LogP contribution is -2.41. The molecule has 0 bridgehead atoms. The summed E-state index contributed by atoms with van der Waals surface area (Å²) in [5, 5.41) is 2.75. The molecule has 0 radical (unpaired) electrons. The minimum atomic E-state index is -4.49. The van der Waals surface area contributed by atoms with Crippen LogP contribution in [-0.4, -0.2) is 51.3 Å². The molecule has 0 saturated heterocycles. The summed E-state index contributed by atoms with van der Waals surface area (Å²) in [6.45, 7) is 0.613. The van der Waals surface area contributed by atoms with E-state index in [9.17, 15) is 21.6 Å². The van der Waals surface area contributed by atoms with E-state index in [0.717, 1.165) is 0 Å². The van der Waals surface area contributed by atoms with Crippen molar-refractivity contribution in [3.8, 4) is 0 Å². The second-order valence-corrected chi connectivity index (χ2v) is 5.81. The fourth-order valence-corrected chi connectivity index (χ4v) is 2.90. The van der Waals surface area contributed by atoms with Crippen LogP contribution in [0.15, 0.2) is 0 Å². The van der Waals surface area contributed by atoms with Crippen LogP contribution < -0.4 is 5.32 Å². The van der Waals surface area contributed by atoms with E-state index in [1.54, 1.807) is 14.0 Å². The quantitative estimate of drug-likeness (QED) is 0.678. The lowest BCUT2D eigenvalue weighted by Gasteiger charge is -2.22. The number of hydrogen-bond acceptors (Lipinski definition) is 3. The Labute approximate surface area is 100 Å². The molecule has 4 nitrogen and oxygen atoms in total. The van der Waals surface area contributed by atoms with Crippen LogP contribution in [-0.2, 0) is 10.0 Å². The number of sulfonamides is 1. The minimum absolute atomic E-state index is 0.0958. The first-order chi connectivity index (χ1) is 7.73. The first-order valence-electron chi connectivity index (χ1n) is 5.42. The summed E-state index contributed by atoms with van der Waals surface area (Å²) in [4.78, 5) is 0. The molecule has 0 aliphatic heterocycles. The highest BCUT2D eigenvalue weighted by Gasteiger charge is 2.35. The van der Waals surface area contributed by atoms with E-state index >= 15 is 0 Å². The molecule has 0 atom stereocenters. The molecule has 17 heavy (non-hydrogen) atoms. The minimum Gasteiger partial charge on any atom is -0.320 e. The van der Waals surface area contributed by atoms with E-state index < -0.39 is 22.7 Å². The van der Waals surface area contributed by atoms with Crippen LogP contribution in [0, 0.1) is 0 Å². The van der Waals surface area contributed by atoms with Gasteiger partial charge in [0.05, 0.1) is 5.75 Å². The summed E-state index contributed by atoms with van der Waals surface area (Å²) >= 11 is 0. The second-order valence-electron chi connectivity index (χ2n) is 3.72. The van der Waals surface area contributed by atoms with Gasteiger partial charge in [-0.3, -0.25) is 0 Å². The van der Waals surface area contributed by atoms with E-state index in [-0.39, 0.29) is 12.3 Å². The van der Waals surface area contributed by atoms with E-state index in [0.29, 0.717) is 23.7 Å². The molecule has 1 N–H and O–H groups in total. The van der Waals surface area contributed by atoms with Crippen molar-refractivity contribution in [1.82, 2.24) is 9.62 Å². The zero-order valence-electron chi connectivity index (χ0n) is 10.0. The summed E-state index contributed by atoms with van der Waals surface area (Å²) in [6, 6.07) is 0. The van der Waals surface area contributed by atoms with Crippen molar-refractivity contribution in [2.45, 2.75) is 25.9 Å². The molecule has 8 heteroatoms. The van der Waals surface area contributed by atoms with Crippen LogP contribution >= 0.6 is 0 Å². The Kier molecular flexibility index (Phi) is 7.03. The van der Waals surface area contributed by atoms with Crippen molar-refractivity contribution in [2.24, 2.45) is 0 Å². The smallest absolute Gasteiger partial charge is 0.320 e. The molecular formula is C9H19F3N2O2S. The number of hydrogen-bond donors (Lipinski definition) is 1. The van der Waals surface area contributed by atoms with Gasteiger partial charge >= 0.3 is 6.18 Å². The molecule has 0 aliphatic carbocycles. The van der Waals surface area contributed by atoms with Gasteiger partial charge in [0.1, 0.15) is 6.54 Å². The maximum Gasteiger partial charge on any atom is 0.402 e. The third kappa shape index (κ3) is 7.56. The Balaban J connectivity index is 4.56. The maximum atomic E-state index is 12.2. The van der Waals surface area contributed by atoms with Gasteiger partial charge in [-0.15, -0.1) is 0 Å². The van der Waals surface area contributed by atoms with Crippen molar-refractivity contribution in [3.63, 3.8) is 0 Å². The zero-order valence-corrected chi connectivity index (χ0v) is 10.9. The normalized spacial score (nSPS) is 13.3. The van der Waals surface area contributed by atoms with E-state index in [4.69, 9.17) is 0 Å². The predicted octanol–water partition coefficient (Wildman–Crippen LogP) is 1.20. The van der Waals surface area contributed by atoms with Gasteiger partial charge in [0.25, 0.3) is 0 Å². The number of halogens is 3. The van der Waals surface area contributed by atoms with Crippen LogP contribution in [0.2, 0.25) is 0 Å². The Bertz CT molecular complexity index is 304. The molecule has 0 fully saturated rings. The van der Waals surface area contributed by atoms with Crippen molar-refractivity contribution >= 4 is 10.0 Å². The highest BCUT2D eigenvalue weighted by atomic mass is 32.2. The Hall–Kier alpha value is -0.340. The van der Waals surface area contributed by atoms with Gasteiger partial charge in [-0.1, -0.05) is 6.92 Å². The fourth-order valence-electron chi connectivity index (χ4n) is 1.33. The zero-order chi connectivity index (χ0) is 13.5. The molecule has 0 spiro atoms. The summed E-state index contributed by atoms with van der Waals surface area (Å²) in [7, 11) is -2.16. The number of nitrogens with zero attached hydrogens (tertiary/aromatic N) is 1. The molecule has 0 heterocycles. The summed E-state index contributed by atoms with van der Waals surface area (Å²) in [6.07, 6.45) is -3.83. The predicted molar refractivity (Wildman–Crippen MR) is 60.2 cm³/mol. The Morgan fingerprint density at radius 2 is 1.88 bits per heavy atom. The van der Waals surface area contributed by atoms with Crippen LogP contribution in [0.5, 0.6) is 0 Å². The summed E-state index contributed by atoms with van der Waals surface area (Å²) in [5.74, 6) is -0.260. The SMILES string of the molecule is CCCN(CC(F)(F)F)S(=O)(=O)CCCNC. The van der Waals surface area contributed by atoms with Gasteiger partial charge in [-0.25, -0.2) is 8.42 Å². The molecule has 0 aromatic rings. The molecule has 0 unspecified atom stereocenters. The molecule has 0 aliphatic rings. The van der Waals surface area contributed by atoms with Crippen molar-refractivity contribution in [1.29, 1.82) is 0 Å². The highest BCUT2D eigenvalue weighted by molar-refractivity contribution is 7.89. The monoisotopic (exact) mass is 276 g/mol. The fraction of sp³-hybridized carbons (Fsp3) is 1.00. The second kappa shape index (κ2) is 7.17. The van der Waals surface area contributed by atoms with Crippen LogP contribution in [0.4, 0.5) is 13.2 Å². The third-order valence-corrected chi connectivity index (χ3v) is 3.95. The molecule has 0 saturated carbocycles. The van der Waals surface area contributed by atoms with E-state index in [1.807, 2.05) is 0 Å². The Morgan fingerprint density at radius 3 is 2.29 bits per heavy atom. The molecule has 0 amide bonds. The standard InChI is InChI=1S/C9H19F3N2O2S/c1-3-6-14(8-9(10,11)12)17(15,16)7-4-5-13-2/h13H,3-8H2,1-2H3. The molecular weight excluding hydrogens is 257 g/mol. The van der Waals surface area contributed by atoms with Gasteiger partial charge in [0, 0.05) is 6.54 Å². The molecule has 0 aromatic heterocycles. The maximum absolute atomic E-state index is 12.2. The van der Waals surface area contributed by atoms with Gasteiger partial charge in [0.15, 0.2) is 0 Å². The van der Waals surface area contributed by atoms with Crippen molar-refractivity contribution < 1.29 is 21.6 Å².